The number of nitrogens with one attached hydrogen (secondary N) is 1. The summed E-state index contributed by atoms with van der Waals surface area (Å²) in [4.78, 5) is 24.2. The topological polar surface area (TPSA) is 69.6 Å². The van der Waals surface area contributed by atoms with Gasteiger partial charge in [-0.3, -0.25) is 9.59 Å². The Morgan fingerprint density at radius 2 is 2.25 bits per heavy atom. The molecule has 5 heteroatoms. The summed E-state index contributed by atoms with van der Waals surface area (Å²) < 4.78 is 0. The molecule has 16 heavy (non-hydrogen) atoms. The first-order chi connectivity index (χ1) is 7.65. The van der Waals surface area contributed by atoms with Gasteiger partial charge in [0.2, 0.25) is 5.91 Å². The second-order valence-corrected chi connectivity index (χ2v) is 4.20. The van der Waals surface area contributed by atoms with Gasteiger partial charge in [-0.15, -0.1) is 0 Å². The molecular formula is C11H20N2O3. The van der Waals surface area contributed by atoms with Crippen molar-refractivity contribution < 1.29 is 14.7 Å². The van der Waals surface area contributed by atoms with E-state index >= 15 is 0 Å². The van der Waals surface area contributed by atoms with Crippen molar-refractivity contribution in [3.63, 3.8) is 0 Å². The first-order valence-corrected chi connectivity index (χ1v) is 5.86. The number of amides is 1. The van der Waals surface area contributed by atoms with E-state index in [1.807, 2.05) is 6.92 Å². The summed E-state index contributed by atoms with van der Waals surface area (Å²) in [6.45, 7) is 3.93. The number of carbonyl (C=O) groups excluding carboxylic acids is 1. The van der Waals surface area contributed by atoms with E-state index in [1.165, 1.54) is 4.90 Å². The van der Waals surface area contributed by atoms with Crippen LogP contribution >= 0.6 is 0 Å². The van der Waals surface area contributed by atoms with Gasteiger partial charge in [0, 0.05) is 13.1 Å². The van der Waals surface area contributed by atoms with Crippen molar-refractivity contribution in [1.29, 1.82) is 0 Å². The summed E-state index contributed by atoms with van der Waals surface area (Å²) in [7, 11) is 0. The summed E-state index contributed by atoms with van der Waals surface area (Å²) >= 11 is 0. The highest BCUT2D eigenvalue weighted by molar-refractivity contribution is 5.83. The Morgan fingerprint density at radius 1 is 1.50 bits per heavy atom. The number of hydrogen-bond acceptors (Lipinski definition) is 3. The lowest BCUT2D eigenvalue weighted by molar-refractivity contribution is -0.146. The van der Waals surface area contributed by atoms with E-state index in [0.29, 0.717) is 13.1 Å². The maximum atomic E-state index is 12.0. The average Bonchev–Trinajstić information content (AvgIpc) is 2.28. The molecule has 0 aliphatic carbocycles. The summed E-state index contributed by atoms with van der Waals surface area (Å²) in [5.41, 5.74) is 0. The molecule has 0 aromatic carbocycles. The molecule has 1 saturated heterocycles. The van der Waals surface area contributed by atoms with Crippen LogP contribution in [0.3, 0.4) is 0 Å². The van der Waals surface area contributed by atoms with Crippen molar-refractivity contribution in [2.24, 2.45) is 5.92 Å². The van der Waals surface area contributed by atoms with Gasteiger partial charge in [-0.25, -0.2) is 0 Å². The molecular weight excluding hydrogens is 208 g/mol. The zero-order chi connectivity index (χ0) is 12.0. The summed E-state index contributed by atoms with van der Waals surface area (Å²) in [6, 6.07) is 0. The number of carboxylic acid groups (broad SMARTS) is 1. The summed E-state index contributed by atoms with van der Waals surface area (Å²) in [5, 5.41) is 11.9. The Labute approximate surface area is 95.8 Å². The minimum Gasteiger partial charge on any atom is -0.480 e. The molecule has 1 amide bonds. The van der Waals surface area contributed by atoms with Gasteiger partial charge in [-0.1, -0.05) is 6.92 Å². The van der Waals surface area contributed by atoms with Crippen molar-refractivity contribution in [2.75, 3.05) is 26.2 Å². The number of nitrogens with zero attached hydrogens (tertiary/aromatic N) is 1. The third-order valence-electron chi connectivity index (χ3n) is 2.78. The third-order valence-corrected chi connectivity index (χ3v) is 2.78. The van der Waals surface area contributed by atoms with Crippen LogP contribution in [0, 0.1) is 5.92 Å². The van der Waals surface area contributed by atoms with E-state index in [-0.39, 0.29) is 18.4 Å². The Bertz CT molecular complexity index is 250. The lowest BCUT2D eigenvalue weighted by atomic mass is 9.98. The predicted molar refractivity (Wildman–Crippen MR) is 60.1 cm³/mol. The molecule has 0 radical (unpaired) electrons. The molecule has 1 rings (SSSR count). The van der Waals surface area contributed by atoms with Crippen LogP contribution in [0.15, 0.2) is 0 Å². The number of hydrogen-bond donors (Lipinski definition) is 2. The smallest absolute Gasteiger partial charge is 0.323 e. The van der Waals surface area contributed by atoms with Gasteiger partial charge in [0.15, 0.2) is 0 Å². The lowest BCUT2D eigenvalue weighted by Gasteiger charge is -2.28. The monoisotopic (exact) mass is 228 g/mol. The minimum absolute atomic E-state index is 0.0172. The van der Waals surface area contributed by atoms with Crippen LogP contribution in [0.5, 0.6) is 0 Å². The van der Waals surface area contributed by atoms with Crippen LogP contribution < -0.4 is 5.32 Å². The highest BCUT2D eigenvalue weighted by Crippen LogP contribution is 2.13. The molecule has 1 atom stereocenters. The molecule has 1 aliphatic rings. The SMILES string of the molecule is CCCN(CC(=O)O)C(=O)C1CCCNC1. The van der Waals surface area contributed by atoms with E-state index in [1.54, 1.807) is 0 Å². The quantitative estimate of drug-likeness (QED) is 0.710. The van der Waals surface area contributed by atoms with Crippen molar-refractivity contribution in [3.05, 3.63) is 0 Å². The van der Waals surface area contributed by atoms with Gasteiger partial charge in [0.05, 0.1) is 5.92 Å². The zero-order valence-corrected chi connectivity index (χ0v) is 9.74. The molecule has 0 saturated carbocycles. The van der Waals surface area contributed by atoms with Gasteiger partial charge in [0.1, 0.15) is 6.54 Å². The third kappa shape index (κ3) is 3.81. The first-order valence-electron chi connectivity index (χ1n) is 5.86. The molecule has 92 valence electrons. The summed E-state index contributed by atoms with van der Waals surface area (Å²) in [6.07, 6.45) is 2.65. The first kappa shape index (κ1) is 13.0. The molecule has 0 aromatic rings. The van der Waals surface area contributed by atoms with Crippen molar-refractivity contribution in [2.45, 2.75) is 26.2 Å². The number of aliphatic carboxylic acids is 1. The van der Waals surface area contributed by atoms with Gasteiger partial charge in [-0.2, -0.15) is 0 Å². The minimum atomic E-state index is -0.939. The molecule has 0 bridgehead atoms. The second kappa shape index (κ2) is 6.48. The molecule has 2 N–H and O–H groups in total. The molecule has 5 nitrogen and oxygen atoms in total. The molecule has 1 heterocycles. The Balaban J connectivity index is 2.54. The van der Waals surface area contributed by atoms with E-state index in [0.717, 1.165) is 25.8 Å². The number of carbonyl (C=O) groups is 2. The van der Waals surface area contributed by atoms with E-state index in [2.05, 4.69) is 5.32 Å². The maximum absolute atomic E-state index is 12.0. The van der Waals surface area contributed by atoms with Gasteiger partial charge < -0.3 is 15.3 Å². The predicted octanol–water partition coefficient (Wildman–Crippen LogP) is 0.309. The average molecular weight is 228 g/mol. The van der Waals surface area contributed by atoms with Crippen molar-refractivity contribution in [3.8, 4) is 0 Å². The van der Waals surface area contributed by atoms with E-state index in [9.17, 15) is 9.59 Å². The van der Waals surface area contributed by atoms with Crippen LogP contribution in [0.25, 0.3) is 0 Å². The standard InChI is InChI=1S/C11H20N2O3/c1-2-6-13(8-10(14)15)11(16)9-4-3-5-12-7-9/h9,12H,2-8H2,1H3,(H,14,15). The highest BCUT2D eigenvalue weighted by Gasteiger charge is 2.26. The van der Waals surface area contributed by atoms with Crippen molar-refractivity contribution in [1.82, 2.24) is 10.2 Å². The number of rotatable bonds is 5. The molecule has 0 spiro atoms. The fourth-order valence-electron chi connectivity index (χ4n) is 2.02. The van der Waals surface area contributed by atoms with Crippen LogP contribution in [0.4, 0.5) is 0 Å². The fourth-order valence-corrected chi connectivity index (χ4v) is 2.02. The maximum Gasteiger partial charge on any atom is 0.323 e. The van der Waals surface area contributed by atoms with E-state index in [4.69, 9.17) is 5.11 Å². The highest BCUT2D eigenvalue weighted by atomic mass is 16.4. The number of piperidine rings is 1. The molecule has 0 aromatic heterocycles. The molecule has 1 aliphatic heterocycles. The lowest BCUT2D eigenvalue weighted by Crippen LogP contribution is -2.45. The Kier molecular flexibility index (Phi) is 5.25. The van der Waals surface area contributed by atoms with Crippen molar-refractivity contribution >= 4 is 11.9 Å². The molecule has 1 unspecified atom stereocenters. The zero-order valence-electron chi connectivity index (χ0n) is 9.74. The fraction of sp³-hybridized carbons (Fsp3) is 0.818. The van der Waals surface area contributed by atoms with Gasteiger partial charge >= 0.3 is 5.97 Å². The normalized spacial score (nSPS) is 20.4. The largest absolute Gasteiger partial charge is 0.480 e. The van der Waals surface area contributed by atoms with Gasteiger partial charge in [0.25, 0.3) is 0 Å². The van der Waals surface area contributed by atoms with Gasteiger partial charge in [-0.05, 0) is 25.8 Å². The van der Waals surface area contributed by atoms with Crippen LogP contribution in [0.1, 0.15) is 26.2 Å². The van der Waals surface area contributed by atoms with Crippen LogP contribution in [0.2, 0.25) is 0 Å². The van der Waals surface area contributed by atoms with Crippen LogP contribution in [-0.4, -0.2) is 48.1 Å². The van der Waals surface area contributed by atoms with Crippen LogP contribution in [-0.2, 0) is 9.59 Å². The Morgan fingerprint density at radius 3 is 2.75 bits per heavy atom. The molecule has 1 fully saturated rings. The number of carboxylic acids is 1. The Hall–Kier alpha value is -1.10. The summed E-state index contributed by atoms with van der Waals surface area (Å²) in [5.74, 6) is -0.998. The van der Waals surface area contributed by atoms with E-state index < -0.39 is 5.97 Å². The second-order valence-electron chi connectivity index (χ2n) is 4.20.